The number of aryl methyl sites for hydroxylation is 1. The third kappa shape index (κ3) is 3.42. The van der Waals surface area contributed by atoms with Gasteiger partial charge in [-0.3, -0.25) is 9.59 Å². The highest BCUT2D eigenvalue weighted by Gasteiger charge is 2.39. The molecule has 1 aromatic heterocycles. The van der Waals surface area contributed by atoms with Crippen molar-refractivity contribution in [2.45, 2.75) is 31.7 Å². The fourth-order valence-electron chi connectivity index (χ4n) is 3.96. The number of piperidine rings is 2. The van der Waals surface area contributed by atoms with Gasteiger partial charge in [-0.25, -0.2) is 0 Å². The first-order chi connectivity index (χ1) is 11.1. The lowest BCUT2D eigenvalue weighted by molar-refractivity contribution is -0.143. The van der Waals surface area contributed by atoms with Gasteiger partial charge < -0.3 is 20.1 Å². The summed E-state index contributed by atoms with van der Waals surface area (Å²) in [5, 5.41) is 0. The highest BCUT2D eigenvalue weighted by molar-refractivity contribution is 5.79. The topological polar surface area (TPSA) is 71.6 Å². The van der Waals surface area contributed by atoms with Crippen LogP contribution in [0.25, 0.3) is 0 Å². The number of rotatable bonds is 4. The van der Waals surface area contributed by atoms with Crippen LogP contribution in [-0.4, -0.2) is 58.4 Å². The molecule has 6 nitrogen and oxygen atoms in total. The molecule has 23 heavy (non-hydrogen) atoms. The SMILES string of the molecule is Cn1ccc(CC(=O)N2CC[C@@H]3[C@@H](CCC(=O)N3CCN)C2)c1. The Bertz CT molecular complexity index is 583. The first-order valence-corrected chi connectivity index (χ1v) is 8.46. The lowest BCUT2D eigenvalue weighted by atomic mass is 9.83. The molecule has 0 aromatic carbocycles. The summed E-state index contributed by atoms with van der Waals surface area (Å²) in [7, 11) is 1.96. The molecule has 0 spiro atoms. The summed E-state index contributed by atoms with van der Waals surface area (Å²) in [5.41, 5.74) is 6.70. The molecule has 0 saturated carbocycles. The Kier molecular flexibility index (Phi) is 4.71. The molecule has 2 aliphatic rings. The number of fused-ring (bicyclic) bond motifs is 1. The van der Waals surface area contributed by atoms with Crippen LogP contribution in [0.3, 0.4) is 0 Å². The van der Waals surface area contributed by atoms with Crippen molar-refractivity contribution in [3.05, 3.63) is 24.0 Å². The summed E-state index contributed by atoms with van der Waals surface area (Å²) in [6, 6.07) is 2.26. The lowest BCUT2D eigenvalue weighted by Crippen LogP contribution is -2.57. The minimum absolute atomic E-state index is 0.192. The molecule has 0 radical (unpaired) electrons. The zero-order valence-corrected chi connectivity index (χ0v) is 13.8. The average Bonchev–Trinajstić information content (AvgIpc) is 2.94. The Labute approximate surface area is 137 Å². The molecule has 2 atom stereocenters. The molecule has 126 valence electrons. The van der Waals surface area contributed by atoms with Gasteiger partial charge >= 0.3 is 0 Å². The van der Waals surface area contributed by atoms with E-state index < -0.39 is 0 Å². The third-order valence-corrected chi connectivity index (χ3v) is 5.11. The number of amides is 2. The number of hydrogen-bond donors (Lipinski definition) is 1. The van der Waals surface area contributed by atoms with Gasteiger partial charge in [0.05, 0.1) is 6.42 Å². The van der Waals surface area contributed by atoms with Gasteiger partial charge in [0, 0.05) is 58.1 Å². The smallest absolute Gasteiger partial charge is 0.227 e. The van der Waals surface area contributed by atoms with Crippen LogP contribution in [0.2, 0.25) is 0 Å². The maximum atomic E-state index is 12.5. The van der Waals surface area contributed by atoms with E-state index in [1.54, 1.807) is 0 Å². The molecular formula is C17H26N4O2. The fourth-order valence-corrected chi connectivity index (χ4v) is 3.96. The third-order valence-electron chi connectivity index (χ3n) is 5.11. The highest BCUT2D eigenvalue weighted by Crippen LogP contribution is 2.31. The second-order valence-corrected chi connectivity index (χ2v) is 6.73. The van der Waals surface area contributed by atoms with E-state index in [1.165, 1.54) is 0 Å². The number of hydrogen-bond acceptors (Lipinski definition) is 3. The largest absolute Gasteiger partial charge is 0.357 e. The van der Waals surface area contributed by atoms with E-state index in [4.69, 9.17) is 5.73 Å². The van der Waals surface area contributed by atoms with Gasteiger partial charge in [0.15, 0.2) is 0 Å². The zero-order chi connectivity index (χ0) is 16.4. The molecule has 2 amide bonds. The van der Waals surface area contributed by atoms with Crippen LogP contribution in [0, 0.1) is 5.92 Å². The van der Waals surface area contributed by atoms with E-state index >= 15 is 0 Å². The van der Waals surface area contributed by atoms with Crippen LogP contribution >= 0.6 is 0 Å². The van der Waals surface area contributed by atoms with Gasteiger partial charge in [0.1, 0.15) is 0 Å². The monoisotopic (exact) mass is 318 g/mol. The van der Waals surface area contributed by atoms with Gasteiger partial charge in [-0.2, -0.15) is 0 Å². The van der Waals surface area contributed by atoms with Crippen molar-refractivity contribution < 1.29 is 9.59 Å². The minimum atomic E-state index is 0.192. The molecule has 6 heteroatoms. The molecule has 3 rings (SSSR count). The zero-order valence-electron chi connectivity index (χ0n) is 13.8. The Morgan fingerprint density at radius 2 is 2.22 bits per heavy atom. The van der Waals surface area contributed by atoms with Gasteiger partial charge in [-0.1, -0.05) is 0 Å². The van der Waals surface area contributed by atoms with Crippen molar-refractivity contribution >= 4 is 11.8 Å². The van der Waals surface area contributed by atoms with E-state index in [1.807, 2.05) is 39.9 Å². The molecule has 3 heterocycles. The van der Waals surface area contributed by atoms with Crippen molar-refractivity contribution in [3.63, 3.8) is 0 Å². The van der Waals surface area contributed by atoms with Crippen LogP contribution in [0.4, 0.5) is 0 Å². The first-order valence-electron chi connectivity index (χ1n) is 8.46. The Hall–Kier alpha value is -1.82. The van der Waals surface area contributed by atoms with Crippen molar-refractivity contribution in [2.24, 2.45) is 18.7 Å². The quantitative estimate of drug-likeness (QED) is 0.871. The van der Waals surface area contributed by atoms with Gasteiger partial charge in [0.2, 0.25) is 11.8 Å². The Morgan fingerprint density at radius 3 is 2.91 bits per heavy atom. The number of aromatic nitrogens is 1. The second-order valence-electron chi connectivity index (χ2n) is 6.73. The molecule has 0 unspecified atom stereocenters. The van der Waals surface area contributed by atoms with E-state index in [2.05, 4.69) is 0 Å². The normalized spacial score (nSPS) is 24.7. The van der Waals surface area contributed by atoms with Gasteiger partial charge in [-0.05, 0) is 30.4 Å². The van der Waals surface area contributed by atoms with E-state index in [0.29, 0.717) is 31.8 Å². The van der Waals surface area contributed by atoms with Crippen LogP contribution in [0.1, 0.15) is 24.8 Å². The summed E-state index contributed by atoms with van der Waals surface area (Å²) >= 11 is 0. The first kappa shape index (κ1) is 16.1. The number of likely N-dealkylation sites (tertiary alicyclic amines) is 2. The molecule has 0 aliphatic carbocycles. The number of carbonyl (C=O) groups excluding carboxylic acids is 2. The summed E-state index contributed by atoms with van der Waals surface area (Å²) < 4.78 is 1.96. The van der Waals surface area contributed by atoms with Crippen molar-refractivity contribution in [1.29, 1.82) is 0 Å². The molecule has 2 aliphatic heterocycles. The van der Waals surface area contributed by atoms with Gasteiger partial charge in [-0.15, -0.1) is 0 Å². The Balaban J connectivity index is 1.61. The molecule has 2 saturated heterocycles. The maximum absolute atomic E-state index is 12.5. The number of nitrogens with zero attached hydrogens (tertiary/aromatic N) is 3. The minimum Gasteiger partial charge on any atom is -0.357 e. The van der Waals surface area contributed by atoms with Crippen molar-refractivity contribution in [3.8, 4) is 0 Å². The van der Waals surface area contributed by atoms with Crippen molar-refractivity contribution in [1.82, 2.24) is 14.4 Å². The molecule has 2 fully saturated rings. The average molecular weight is 318 g/mol. The predicted octanol–water partition coefficient (Wildman–Crippen LogP) is 0.366. The summed E-state index contributed by atoms with van der Waals surface area (Å²) in [4.78, 5) is 28.6. The maximum Gasteiger partial charge on any atom is 0.227 e. The summed E-state index contributed by atoms with van der Waals surface area (Å²) in [5.74, 6) is 0.811. The molecule has 2 N–H and O–H groups in total. The highest BCUT2D eigenvalue weighted by atomic mass is 16.2. The summed E-state index contributed by atoms with van der Waals surface area (Å²) in [6.45, 7) is 2.65. The molecular weight excluding hydrogens is 292 g/mol. The van der Waals surface area contributed by atoms with E-state index in [0.717, 1.165) is 31.5 Å². The molecule has 0 bridgehead atoms. The van der Waals surface area contributed by atoms with Crippen molar-refractivity contribution in [2.75, 3.05) is 26.2 Å². The summed E-state index contributed by atoms with van der Waals surface area (Å²) in [6.07, 6.45) is 6.77. The standard InChI is InChI=1S/C17H26N4O2/c1-19-7-4-13(11-19)10-17(23)20-8-5-15-14(12-20)2-3-16(22)21(15)9-6-18/h4,7,11,14-15H,2-3,5-6,8-10,12,18H2,1H3/t14-,15+/m0/s1. The Morgan fingerprint density at radius 1 is 1.39 bits per heavy atom. The predicted molar refractivity (Wildman–Crippen MR) is 87.6 cm³/mol. The number of carbonyl (C=O) groups is 2. The van der Waals surface area contributed by atoms with Gasteiger partial charge in [0.25, 0.3) is 0 Å². The van der Waals surface area contributed by atoms with Crippen LogP contribution < -0.4 is 5.73 Å². The van der Waals surface area contributed by atoms with E-state index in [9.17, 15) is 9.59 Å². The van der Waals surface area contributed by atoms with Crippen LogP contribution in [0.5, 0.6) is 0 Å². The molecule has 1 aromatic rings. The number of nitrogens with two attached hydrogens (primary N) is 1. The van der Waals surface area contributed by atoms with Crippen LogP contribution in [-0.2, 0) is 23.1 Å². The second kappa shape index (κ2) is 6.74. The van der Waals surface area contributed by atoms with E-state index in [-0.39, 0.29) is 17.9 Å². The fraction of sp³-hybridized carbons (Fsp3) is 0.647. The van der Waals surface area contributed by atoms with Crippen LogP contribution in [0.15, 0.2) is 18.5 Å². The lowest BCUT2D eigenvalue weighted by Gasteiger charge is -2.47.